The molecule has 5 nitrogen and oxygen atoms in total. The number of nitrogens with zero attached hydrogens (tertiary/aromatic N) is 3. The van der Waals surface area contributed by atoms with Crippen LogP contribution >= 0.6 is 11.8 Å². The Balaban J connectivity index is 1.76. The van der Waals surface area contributed by atoms with Crippen molar-refractivity contribution >= 4 is 11.8 Å². The minimum absolute atomic E-state index is 0.529. The summed E-state index contributed by atoms with van der Waals surface area (Å²) in [6, 6.07) is 12.0. The summed E-state index contributed by atoms with van der Waals surface area (Å²) in [5, 5.41) is 8.83. The molecule has 0 saturated carbocycles. The highest BCUT2D eigenvalue weighted by molar-refractivity contribution is 7.98. The normalized spacial score (nSPS) is 10.8. The molecule has 0 radical (unpaired) electrons. The smallest absolute Gasteiger partial charge is 0.218 e. The molecule has 20 heavy (non-hydrogen) atoms. The van der Waals surface area contributed by atoms with Gasteiger partial charge in [-0.05, 0) is 24.6 Å². The van der Waals surface area contributed by atoms with Crippen LogP contribution in [0.15, 0.2) is 52.2 Å². The third kappa shape index (κ3) is 2.55. The zero-order chi connectivity index (χ0) is 13.9. The Kier molecular flexibility index (Phi) is 3.47. The van der Waals surface area contributed by atoms with Crippen LogP contribution in [0.2, 0.25) is 0 Å². The summed E-state index contributed by atoms with van der Waals surface area (Å²) in [7, 11) is 0. The van der Waals surface area contributed by atoms with Gasteiger partial charge in [0.15, 0.2) is 5.76 Å². The number of aromatic nitrogens is 3. The number of nitrogen functional groups attached to an aromatic ring is 1. The quantitative estimate of drug-likeness (QED) is 0.590. The zero-order valence-electron chi connectivity index (χ0n) is 11.0. The fourth-order valence-corrected chi connectivity index (χ4v) is 2.70. The molecule has 0 atom stereocenters. The van der Waals surface area contributed by atoms with Crippen LogP contribution in [0.1, 0.15) is 11.1 Å². The Morgan fingerprint density at radius 3 is 2.90 bits per heavy atom. The van der Waals surface area contributed by atoms with Crippen molar-refractivity contribution < 1.29 is 4.42 Å². The maximum Gasteiger partial charge on any atom is 0.218 e. The predicted octanol–water partition coefficient (Wildman–Crippen LogP) is 2.85. The van der Waals surface area contributed by atoms with Crippen LogP contribution in [0.5, 0.6) is 0 Å². The molecular weight excluding hydrogens is 272 g/mol. The van der Waals surface area contributed by atoms with Crippen molar-refractivity contribution in [2.45, 2.75) is 17.8 Å². The highest BCUT2D eigenvalue weighted by atomic mass is 32.2. The molecule has 102 valence electrons. The van der Waals surface area contributed by atoms with E-state index in [9.17, 15) is 0 Å². The third-order valence-electron chi connectivity index (χ3n) is 2.86. The van der Waals surface area contributed by atoms with Crippen molar-refractivity contribution in [3.05, 3.63) is 53.8 Å². The molecule has 0 fully saturated rings. The lowest BCUT2D eigenvalue weighted by molar-refractivity contribution is 0.574. The lowest BCUT2D eigenvalue weighted by Gasteiger charge is -2.03. The summed E-state index contributed by atoms with van der Waals surface area (Å²) >= 11 is 1.55. The first kappa shape index (κ1) is 12.8. The van der Waals surface area contributed by atoms with Gasteiger partial charge in [0.05, 0.1) is 6.26 Å². The van der Waals surface area contributed by atoms with Crippen molar-refractivity contribution in [2.24, 2.45) is 0 Å². The van der Waals surface area contributed by atoms with Gasteiger partial charge in [-0.15, -0.1) is 10.2 Å². The lowest BCUT2D eigenvalue weighted by atomic mass is 10.2. The molecule has 0 aliphatic carbocycles. The topological polar surface area (TPSA) is 69.9 Å². The van der Waals surface area contributed by atoms with E-state index < -0.39 is 0 Å². The van der Waals surface area contributed by atoms with Gasteiger partial charge < -0.3 is 10.3 Å². The van der Waals surface area contributed by atoms with Gasteiger partial charge in [0.2, 0.25) is 11.0 Å². The van der Waals surface area contributed by atoms with E-state index in [0.717, 1.165) is 5.75 Å². The summed E-state index contributed by atoms with van der Waals surface area (Å²) in [6.07, 6.45) is 1.59. The molecule has 1 aromatic carbocycles. The van der Waals surface area contributed by atoms with Crippen molar-refractivity contribution in [3.8, 4) is 11.6 Å². The van der Waals surface area contributed by atoms with Gasteiger partial charge in [0.1, 0.15) is 0 Å². The minimum Gasteiger partial charge on any atom is -0.461 e. The minimum atomic E-state index is 0.529. The highest BCUT2D eigenvalue weighted by Gasteiger charge is 2.14. The summed E-state index contributed by atoms with van der Waals surface area (Å²) in [6.45, 7) is 2.08. The number of rotatable bonds is 4. The Morgan fingerprint density at radius 2 is 2.15 bits per heavy atom. The molecule has 0 aliphatic heterocycles. The molecule has 2 N–H and O–H groups in total. The average Bonchev–Trinajstić information content (AvgIpc) is 3.06. The molecule has 0 saturated heterocycles. The number of nitrogens with two attached hydrogens (primary N) is 1. The number of thioether (sulfide) groups is 1. The van der Waals surface area contributed by atoms with E-state index in [2.05, 4.69) is 35.3 Å². The molecule has 0 aliphatic rings. The van der Waals surface area contributed by atoms with E-state index in [-0.39, 0.29) is 0 Å². The fourth-order valence-electron chi connectivity index (χ4n) is 1.90. The molecule has 3 rings (SSSR count). The number of hydrogen-bond donors (Lipinski definition) is 1. The summed E-state index contributed by atoms with van der Waals surface area (Å²) in [4.78, 5) is 0. The van der Waals surface area contributed by atoms with E-state index in [4.69, 9.17) is 10.3 Å². The van der Waals surface area contributed by atoms with Gasteiger partial charge >= 0.3 is 0 Å². The first-order valence-corrected chi connectivity index (χ1v) is 7.15. The van der Waals surface area contributed by atoms with Crippen LogP contribution in [-0.4, -0.2) is 14.9 Å². The summed E-state index contributed by atoms with van der Waals surface area (Å²) < 4.78 is 6.74. The zero-order valence-corrected chi connectivity index (χ0v) is 11.8. The largest absolute Gasteiger partial charge is 0.461 e. The molecule has 0 unspecified atom stereocenters. The maximum atomic E-state index is 6.00. The Morgan fingerprint density at radius 1 is 1.25 bits per heavy atom. The van der Waals surface area contributed by atoms with Crippen molar-refractivity contribution in [1.82, 2.24) is 14.9 Å². The van der Waals surface area contributed by atoms with E-state index in [1.54, 1.807) is 24.1 Å². The average molecular weight is 286 g/mol. The Bertz CT molecular complexity index is 706. The predicted molar refractivity (Wildman–Crippen MR) is 78.6 cm³/mol. The SMILES string of the molecule is Cc1cccc(CSc2nnc(-c3ccco3)n2N)c1. The number of hydrogen-bond acceptors (Lipinski definition) is 5. The molecule has 2 heterocycles. The van der Waals surface area contributed by atoms with Crippen LogP contribution < -0.4 is 5.84 Å². The van der Waals surface area contributed by atoms with Crippen LogP contribution in [0.25, 0.3) is 11.6 Å². The molecule has 0 amide bonds. The van der Waals surface area contributed by atoms with Gasteiger partial charge in [-0.3, -0.25) is 0 Å². The van der Waals surface area contributed by atoms with Crippen LogP contribution in [-0.2, 0) is 5.75 Å². The molecule has 0 spiro atoms. The van der Waals surface area contributed by atoms with Crippen molar-refractivity contribution in [3.63, 3.8) is 0 Å². The van der Waals surface area contributed by atoms with Gasteiger partial charge in [0.25, 0.3) is 0 Å². The second kappa shape index (κ2) is 5.42. The molecule has 3 aromatic rings. The van der Waals surface area contributed by atoms with E-state index in [1.165, 1.54) is 15.8 Å². The number of furan rings is 1. The summed E-state index contributed by atoms with van der Waals surface area (Å²) in [5.74, 6) is 7.94. The first-order valence-electron chi connectivity index (χ1n) is 6.17. The molecule has 0 bridgehead atoms. The molecular formula is C14H14N4OS. The number of aryl methyl sites for hydroxylation is 1. The third-order valence-corrected chi connectivity index (χ3v) is 3.87. The molecule has 2 aromatic heterocycles. The monoisotopic (exact) mass is 286 g/mol. The van der Waals surface area contributed by atoms with Gasteiger partial charge in [0, 0.05) is 5.75 Å². The highest BCUT2D eigenvalue weighted by Crippen LogP contribution is 2.24. The van der Waals surface area contributed by atoms with Crippen molar-refractivity contribution in [1.29, 1.82) is 0 Å². The lowest BCUT2D eigenvalue weighted by Crippen LogP contribution is -2.11. The van der Waals surface area contributed by atoms with E-state index in [0.29, 0.717) is 16.7 Å². The van der Waals surface area contributed by atoms with Gasteiger partial charge in [-0.2, -0.15) is 0 Å². The number of benzene rings is 1. The van der Waals surface area contributed by atoms with Crippen LogP contribution in [0.3, 0.4) is 0 Å². The van der Waals surface area contributed by atoms with Crippen LogP contribution in [0.4, 0.5) is 0 Å². The summed E-state index contributed by atoms with van der Waals surface area (Å²) in [5.41, 5.74) is 2.48. The molecule has 6 heteroatoms. The second-order valence-electron chi connectivity index (χ2n) is 4.43. The van der Waals surface area contributed by atoms with Crippen molar-refractivity contribution in [2.75, 3.05) is 5.84 Å². The second-order valence-corrected chi connectivity index (χ2v) is 5.37. The first-order chi connectivity index (χ1) is 9.74. The standard InChI is InChI=1S/C14H14N4OS/c1-10-4-2-5-11(8-10)9-20-14-17-16-13(18(14)15)12-6-3-7-19-12/h2-8H,9,15H2,1H3. The van der Waals surface area contributed by atoms with Gasteiger partial charge in [-0.1, -0.05) is 41.6 Å². The fraction of sp³-hybridized carbons (Fsp3) is 0.143. The Labute approximate surface area is 120 Å². The Hall–Kier alpha value is -2.21. The van der Waals surface area contributed by atoms with Crippen LogP contribution in [0, 0.1) is 6.92 Å². The maximum absolute atomic E-state index is 6.00. The van der Waals surface area contributed by atoms with Gasteiger partial charge in [-0.25, -0.2) is 4.68 Å². The van der Waals surface area contributed by atoms with E-state index in [1.807, 2.05) is 12.1 Å². The van der Waals surface area contributed by atoms with E-state index >= 15 is 0 Å².